The molecule has 0 radical (unpaired) electrons. The van der Waals surface area contributed by atoms with Gasteiger partial charge in [0, 0.05) is 30.0 Å². The van der Waals surface area contributed by atoms with Gasteiger partial charge in [0.2, 0.25) is 0 Å². The lowest BCUT2D eigenvalue weighted by molar-refractivity contribution is -0.138. The van der Waals surface area contributed by atoms with E-state index in [9.17, 15) is 14.7 Å². The van der Waals surface area contributed by atoms with Crippen LogP contribution in [0.4, 0.5) is 0 Å². The molecule has 0 amide bonds. The number of carbonyl (C=O) groups is 1. The molecular formula is C22H22N2O4. The van der Waals surface area contributed by atoms with Gasteiger partial charge in [-0.2, -0.15) is 0 Å². The second kappa shape index (κ2) is 7.20. The lowest BCUT2D eigenvalue weighted by atomic mass is 9.91. The van der Waals surface area contributed by atoms with Crippen LogP contribution in [0.1, 0.15) is 36.0 Å². The first-order chi connectivity index (χ1) is 13.5. The summed E-state index contributed by atoms with van der Waals surface area (Å²) in [5, 5.41) is 10.7. The van der Waals surface area contributed by atoms with Gasteiger partial charge in [-0.15, -0.1) is 0 Å². The molecule has 0 aliphatic carbocycles. The van der Waals surface area contributed by atoms with Crippen molar-refractivity contribution in [1.82, 2.24) is 9.55 Å². The maximum absolute atomic E-state index is 13.3. The monoisotopic (exact) mass is 378 g/mol. The smallest absolute Gasteiger partial charge is 0.310 e. The summed E-state index contributed by atoms with van der Waals surface area (Å²) in [4.78, 5) is 29.9. The average Bonchev–Trinajstić information content (AvgIpc) is 3.04. The van der Waals surface area contributed by atoms with Crippen LogP contribution in [0.5, 0.6) is 0 Å². The van der Waals surface area contributed by atoms with E-state index in [1.165, 1.54) is 0 Å². The zero-order valence-electron chi connectivity index (χ0n) is 15.9. The van der Waals surface area contributed by atoms with Crippen molar-refractivity contribution in [1.29, 1.82) is 0 Å². The third-order valence-corrected chi connectivity index (χ3v) is 5.45. The maximum atomic E-state index is 13.3. The number of hydrogen-bond donors (Lipinski definition) is 1. The SMILES string of the molecule is CCC(C(=O)O)c1cc2n(c(=O)c1CCOC)Cc1cc3ccccc3nc1-2. The Hall–Kier alpha value is -2.99. The Labute approximate surface area is 162 Å². The summed E-state index contributed by atoms with van der Waals surface area (Å²) in [6.07, 6.45) is 0.802. The molecule has 1 aliphatic rings. The average molecular weight is 378 g/mol. The third kappa shape index (κ3) is 2.90. The number of aliphatic carboxylic acids is 1. The zero-order valence-corrected chi connectivity index (χ0v) is 15.9. The number of carboxylic acid groups (broad SMARTS) is 1. The second-order valence-corrected chi connectivity index (χ2v) is 7.09. The number of para-hydroxylation sites is 1. The van der Waals surface area contributed by atoms with Crippen molar-refractivity contribution in [2.24, 2.45) is 0 Å². The fourth-order valence-corrected chi connectivity index (χ4v) is 4.03. The van der Waals surface area contributed by atoms with E-state index in [0.717, 1.165) is 22.2 Å². The lowest BCUT2D eigenvalue weighted by Gasteiger charge is -2.17. The van der Waals surface area contributed by atoms with Gasteiger partial charge in [-0.25, -0.2) is 4.98 Å². The number of fused-ring (bicyclic) bond motifs is 4. The molecule has 1 N–H and O–H groups in total. The zero-order chi connectivity index (χ0) is 19.8. The molecule has 0 bridgehead atoms. The molecule has 1 atom stereocenters. The summed E-state index contributed by atoms with van der Waals surface area (Å²) in [5.74, 6) is -1.65. The molecule has 0 spiro atoms. The van der Waals surface area contributed by atoms with Crippen LogP contribution in [0.2, 0.25) is 0 Å². The molecule has 6 nitrogen and oxygen atoms in total. The van der Waals surface area contributed by atoms with E-state index in [2.05, 4.69) is 6.07 Å². The highest BCUT2D eigenvalue weighted by Gasteiger charge is 2.29. The summed E-state index contributed by atoms with van der Waals surface area (Å²) in [6.45, 7) is 2.64. The Morgan fingerprint density at radius 1 is 1.32 bits per heavy atom. The topological polar surface area (TPSA) is 81.4 Å². The van der Waals surface area contributed by atoms with Gasteiger partial charge in [0.05, 0.1) is 36.0 Å². The van der Waals surface area contributed by atoms with Gasteiger partial charge in [-0.3, -0.25) is 9.59 Å². The summed E-state index contributed by atoms with van der Waals surface area (Å²) in [6, 6.07) is 11.7. The van der Waals surface area contributed by atoms with Crippen LogP contribution < -0.4 is 5.56 Å². The van der Waals surface area contributed by atoms with Crippen molar-refractivity contribution in [3.8, 4) is 11.4 Å². The predicted octanol–water partition coefficient (Wildman–Crippen LogP) is 3.19. The van der Waals surface area contributed by atoms with Crippen LogP contribution in [0, 0.1) is 0 Å². The van der Waals surface area contributed by atoms with Gasteiger partial charge < -0.3 is 14.4 Å². The van der Waals surface area contributed by atoms with Gasteiger partial charge in [-0.05, 0) is 30.2 Å². The minimum atomic E-state index is -0.921. The molecule has 2 aromatic heterocycles. The highest BCUT2D eigenvalue weighted by atomic mass is 16.5. The Morgan fingerprint density at radius 2 is 2.11 bits per heavy atom. The maximum Gasteiger partial charge on any atom is 0.310 e. The molecule has 1 aromatic carbocycles. The molecule has 3 heterocycles. The standard InChI is InChI=1S/C22H22N2O4/c1-3-15(22(26)27)17-11-19-20-14(10-13-6-4-5-7-18(13)23-20)12-24(19)21(25)16(17)8-9-28-2/h4-7,10-11,15H,3,8-9,12H2,1-2H3,(H,26,27). The molecule has 0 fully saturated rings. The molecule has 1 aliphatic heterocycles. The van der Waals surface area contributed by atoms with E-state index in [4.69, 9.17) is 9.72 Å². The van der Waals surface area contributed by atoms with Crippen LogP contribution in [-0.4, -0.2) is 34.3 Å². The number of methoxy groups -OCH3 is 1. The summed E-state index contributed by atoms with van der Waals surface area (Å²) in [7, 11) is 1.57. The van der Waals surface area contributed by atoms with E-state index in [0.29, 0.717) is 42.8 Å². The molecule has 144 valence electrons. The van der Waals surface area contributed by atoms with Crippen LogP contribution in [0.15, 0.2) is 41.2 Å². The number of benzene rings is 1. The number of nitrogens with zero attached hydrogens (tertiary/aromatic N) is 2. The fraction of sp³-hybridized carbons (Fsp3) is 0.318. The number of ether oxygens (including phenoxy) is 1. The van der Waals surface area contributed by atoms with Gasteiger partial charge in [0.15, 0.2) is 0 Å². The van der Waals surface area contributed by atoms with Gasteiger partial charge in [0.25, 0.3) is 5.56 Å². The van der Waals surface area contributed by atoms with E-state index < -0.39 is 11.9 Å². The minimum absolute atomic E-state index is 0.147. The van der Waals surface area contributed by atoms with Crippen LogP contribution in [-0.2, 0) is 22.5 Å². The van der Waals surface area contributed by atoms with Gasteiger partial charge in [-0.1, -0.05) is 25.1 Å². The molecule has 3 aromatic rings. The van der Waals surface area contributed by atoms with E-state index in [-0.39, 0.29) is 5.56 Å². The van der Waals surface area contributed by atoms with Crippen molar-refractivity contribution in [3.05, 3.63) is 63.4 Å². The molecule has 0 saturated carbocycles. The Morgan fingerprint density at radius 3 is 2.82 bits per heavy atom. The third-order valence-electron chi connectivity index (χ3n) is 5.45. The van der Waals surface area contributed by atoms with Crippen LogP contribution >= 0.6 is 0 Å². The predicted molar refractivity (Wildman–Crippen MR) is 107 cm³/mol. The number of aromatic nitrogens is 2. The Balaban J connectivity index is 1.95. The minimum Gasteiger partial charge on any atom is -0.481 e. The lowest BCUT2D eigenvalue weighted by Crippen LogP contribution is -2.28. The van der Waals surface area contributed by atoms with Crippen molar-refractivity contribution >= 4 is 16.9 Å². The number of pyridine rings is 2. The van der Waals surface area contributed by atoms with Crippen LogP contribution in [0.3, 0.4) is 0 Å². The first-order valence-corrected chi connectivity index (χ1v) is 9.42. The van der Waals surface area contributed by atoms with Crippen molar-refractivity contribution in [2.45, 2.75) is 32.2 Å². The van der Waals surface area contributed by atoms with Crippen LogP contribution in [0.25, 0.3) is 22.3 Å². The molecule has 0 saturated heterocycles. The normalized spacial score (nSPS) is 13.4. The number of carboxylic acids is 1. The van der Waals surface area contributed by atoms with Crippen molar-refractivity contribution < 1.29 is 14.6 Å². The van der Waals surface area contributed by atoms with E-state index in [1.54, 1.807) is 11.7 Å². The summed E-state index contributed by atoms with van der Waals surface area (Å²) in [5.41, 5.74) is 4.25. The van der Waals surface area contributed by atoms with Crippen molar-refractivity contribution in [3.63, 3.8) is 0 Å². The molecule has 4 rings (SSSR count). The summed E-state index contributed by atoms with van der Waals surface area (Å²) >= 11 is 0. The highest BCUT2D eigenvalue weighted by molar-refractivity contribution is 5.84. The quantitative estimate of drug-likeness (QED) is 0.557. The highest BCUT2D eigenvalue weighted by Crippen LogP contribution is 2.34. The molecule has 28 heavy (non-hydrogen) atoms. The first-order valence-electron chi connectivity index (χ1n) is 9.42. The van der Waals surface area contributed by atoms with Crippen molar-refractivity contribution in [2.75, 3.05) is 13.7 Å². The summed E-state index contributed by atoms with van der Waals surface area (Å²) < 4.78 is 6.86. The molecular weight excluding hydrogens is 356 g/mol. The first kappa shape index (κ1) is 18.4. The fourth-order valence-electron chi connectivity index (χ4n) is 4.03. The number of rotatable bonds is 6. The van der Waals surface area contributed by atoms with E-state index in [1.807, 2.05) is 37.3 Å². The molecule has 1 unspecified atom stereocenters. The van der Waals surface area contributed by atoms with Gasteiger partial charge >= 0.3 is 5.97 Å². The number of hydrogen-bond acceptors (Lipinski definition) is 4. The Kier molecular flexibility index (Phi) is 4.73. The largest absolute Gasteiger partial charge is 0.481 e. The van der Waals surface area contributed by atoms with Gasteiger partial charge in [0.1, 0.15) is 0 Å². The molecule has 6 heteroatoms. The van der Waals surface area contributed by atoms with E-state index >= 15 is 0 Å². The Bertz CT molecular complexity index is 1130. The second-order valence-electron chi connectivity index (χ2n) is 7.09.